The number of hydrogen-bond acceptors (Lipinski definition) is 6. The maximum atomic E-state index is 11.2. The highest BCUT2D eigenvalue weighted by Crippen LogP contribution is 2.39. The van der Waals surface area contributed by atoms with Crippen molar-refractivity contribution >= 4 is 17.6 Å². The van der Waals surface area contributed by atoms with Gasteiger partial charge < -0.3 is 19.7 Å². The largest absolute Gasteiger partial charge is 0.493 e. The van der Waals surface area contributed by atoms with Gasteiger partial charge in [-0.3, -0.25) is 19.7 Å². The number of hydrogen-bond donors (Lipinski definition) is 2. The Morgan fingerprint density at radius 2 is 1.76 bits per heavy atom. The molecule has 1 unspecified atom stereocenters. The second kappa shape index (κ2) is 6.55. The van der Waals surface area contributed by atoms with E-state index < -0.39 is 34.9 Å². The van der Waals surface area contributed by atoms with Crippen molar-refractivity contribution in [3.8, 4) is 11.5 Å². The molecule has 0 aliphatic heterocycles. The van der Waals surface area contributed by atoms with Gasteiger partial charge in [-0.15, -0.1) is 0 Å². The summed E-state index contributed by atoms with van der Waals surface area (Å²) in [7, 11) is 2.55. The van der Waals surface area contributed by atoms with Gasteiger partial charge >= 0.3 is 11.9 Å². The summed E-state index contributed by atoms with van der Waals surface area (Å²) in [4.78, 5) is 32.2. The van der Waals surface area contributed by atoms with Crippen molar-refractivity contribution in [1.29, 1.82) is 0 Å². The van der Waals surface area contributed by atoms with Crippen molar-refractivity contribution in [2.75, 3.05) is 14.2 Å². The third-order valence-electron chi connectivity index (χ3n) is 2.78. The Morgan fingerprint density at radius 1 is 1.24 bits per heavy atom. The van der Waals surface area contributed by atoms with Crippen LogP contribution in [0.25, 0.3) is 0 Å². The van der Waals surface area contributed by atoms with Gasteiger partial charge in [0.2, 0.25) is 0 Å². The second-order valence-corrected chi connectivity index (χ2v) is 4.01. The van der Waals surface area contributed by atoms with Crippen LogP contribution in [0, 0.1) is 10.1 Å². The highest BCUT2D eigenvalue weighted by atomic mass is 16.6. The number of carboxylic acid groups (broad SMARTS) is 2. The molecule has 1 aromatic rings. The average Bonchev–Trinajstić information content (AvgIpc) is 2.42. The molecule has 1 aromatic carbocycles. The molecule has 0 aliphatic rings. The van der Waals surface area contributed by atoms with E-state index in [-0.39, 0.29) is 17.1 Å². The molecule has 0 heterocycles. The summed E-state index contributed by atoms with van der Waals surface area (Å²) in [5.41, 5.74) is -0.797. The Labute approximate surface area is 118 Å². The van der Waals surface area contributed by atoms with Crippen molar-refractivity contribution < 1.29 is 34.2 Å². The molecular formula is C12H13NO8. The van der Waals surface area contributed by atoms with Crippen LogP contribution in [0.4, 0.5) is 5.69 Å². The van der Waals surface area contributed by atoms with E-state index in [4.69, 9.17) is 19.7 Å². The quantitative estimate of drug-likeness (QED) is 0.567. The number of ether oxygens (including phenoxy) is 2. The van der Waals surface area contributed by atoms with Crippen LogP contribution in [0.15, 0.2) is 12.1 Å². The van der Waals surface area contributed by atoms with Gasteiger partial charge in [0.25, 0.3) is 5.69 Å². The number of nitrogens with zero attached hydrogens (tertiary/aromatic N) is 1. The number of nitro benzene ring substituents is 1. The maximum absolute atomic E-state index is 11.2. The summed E-state index contributed by atoms with van der Waals surface area (Å²) >= 11 is 0. The lowest BCUT2D eigenvalue weighted by Gasteiger charge is -2.14. The van der Waals surface area contributed by atoms with E-state index in [1.165, 1.54) is 14.2 Å². The number of carbonyl (C=O) groups is 2. The monoisotopic (exact) mass is 299 g/mol. The fraction of sp³-hybridized carbons (Fsp3) is 0.333. The molecule has 1 rings (SSSR count). The third-order valence-corrected chi connectivity index (χ3v) is 2.78. The third kappa shape index (κ3) is 3.59. The molecule has 114 valence electrons. The van der Waals surface area contributed by atoms with E-state index in [9.17, 15) is 19.7 Å². The Bertz CT molecular complexity index is 583. The number of rotatable bonds is 7. The van der Waals surface area contributed by atoms with Crippen LogP contribution in [0.2, 0.25) is 0 Å². The molecule has 21 heavy (non-hydrogen) atoms. The van der Waals surface area contributed by atoms with Gasteiger partial charge in [0, 0.05) is 5.56 Å². The van der Waals surface area contributed by atoms with Gasteiger partial charge in [0.1, 0.15) is 0 Å². The van der Waals surface area contributed by atoms with Crippen molar-refractivity contribution in [1.82, 2.24) is 0 Å². The molecule has 0 fully saturated rings. The molecular weight excluding hydrogens is 286 g/mol. The van der Waals surface area contributed by atoms with E-state index in [0.29, 0.717) is 0 Å². The van der Waals surface area contributed by atoms with Crippen molar-refractivity contribution in [3.05, 3.63) is 27.8 Å². The Morgan fingerprint density at radius 3 is 2.14 bits per heavy atom. The lowest BCUT2D eigenvalue weighted by atomic mass is 9.93. The van der Waals surface area contributed by atoms with Crippen LogP contribution in [-0.4, -0.2) is 41.3 Å². The molecule has 0 aliphatic carbocycles. The van der Waals surface area contributed by atoms with E-state index in [2.05, 4.69) is 0 Å². The summed E-state index contributed by atoms with van der Waals surface area (Å²) in [6.07, 6.45) is -0.786. The first-order chi connectivity index (χ1) is 9.81. The average molecular weight is 299 g/mol. The van der Waals surface area contributed by atoms with Gasteiger partial charge in [-0.25, -0.2) is 0 Å². The van der Waals surface area contributed by atoms with Crippen LogP contribution in [-0.2, 0) is 9.59 Å². The number of nitro groups is 1. The number of methoxy groups -OCH3 is 2. The first-order valence-electron chi connectivity index (χ1n) is 5.66. The minimum absolute atomic E-state index is 0.0485. The van der Waals surface area contributed by atoms with Gasteiger partial charge in [0.05, 0.1) is 37.5 Å². The summed E-state index contributed by atoms with van der Waals surface area (Å²) in [5.74, 6) is -4.30. The minimum Gasteiger partial charge on any atom is -0.493 e. The molecule has 0 amide bonds. The standard InChI is InChI=1S/C12H13NO8/c1-20-9-3-6(7(12(16)17)4-11(14)15)8(13(18)19)5-10(9)21-2/h3,5,7H,4H2,1-2H3,(H,14,15)(H,16,17). The van der Waals surface area contributed by atoms with Crippen LogP contribution in [0.3, 0.4) is 0 Å². The van der Waals surface area contributed by atoms with Crippen LogP contribution >= 0.6 is 0 Å². The molecule has 2 N–H and O–H groups in total. The fourth-order valence-corrected chi connectivity index (χ4v) is 1.83. The van der Waals surface area contributed by atoms with Gasteiger partial charge in [-0.2, -0.15) is 0 Å². The molecule has 1 atom stereocenters. The van der Waals surface area contributed by atoms with Gasteiger partial charge in [0.15, 0.2) is 11.5 Å². The highest BCUT2D eigenvalue weighted by Gasteiger charge is 2.32. The summed E-state index contributed by atoms with van der Waals surface area (Å²) < 4.78 is 9.87. The zero-order valence-corrected chi connectivity index (χ0v) is 11.2. The smallest absolute Gasteiger partial charge is 0.311 e. The predicted octanol–water partition coefficient (Wildman–Crippen LogP) is 1.25. The topological polar surface area (TPSA) is 136 Å². The Kier molecular flexibility index (Phi) is 5.06. The molecule has 0 saturated heterocycles. The first kappa shape index (κ1) is 16.2. The fourth-order valence-electron chi connectivity index (χ4n) is 1.83. The number of aliphatic carboxylic acids is 2. The lowest BCUT2D eigenvalue weighted by Crippen LogP contribution is -2.17. The van der Waals surface area contributed by atoms with Crippen LogP contribution in [0.1, 0.15) is 17.9 Å². The Balaban J connectivity index is 3.52. The maximum Gasteiger partial charge on any atom is 0.311 e. The SMILES string of the molecule is COc1cc(C(CC(=O)O)C(=O)O)c([N+](=O)[O-])cc1OC. The van der Waals surface area contributed by atoms with Gasteiger partial charge in [-0.1, -0.05) is 0 Å². The first-order valence-corrected chi connectivity index (χ1v) is 5.66. The zero-order chi connectivity index (χ0) is 16.2. The predicted molar refractivity (Wildman–Crippen MR) is 68.8 cm³/mol. The summed E-state index contributed by atoms with van der Waals surface area (Å²) in [5, 5.41) is 28.9. The molecule has 0 aromatic heterocycles. The van der Waals surface area contributed by atoms with E-state index in [1.54, 1.807) is 0 Å². The molecule has 0 bridgehead atoms. The lowest BCUT2D eigenvalue weighted by molar-refractivity contribution is -0.385. The summed E-state index contributed by atoms with van der Waals surface area (Å²) in [6, 6.07) is 2.12. The number of benzene rings is 1. The molecule has 9 nitrogen and oxygen atoms in total. The normalized spacial score (nSPS) is 11.5. The van der Waals surface area contributed by atoms with E-state index in [1.807, 2.05) is 0 Å². The summed E-state index contributed by atoms with van der Waals surface area (Å²) in [6.45, 7) is 0. The van der Waals surface area contributed by atoms with E-state index in [0.717, 1.165) is 12.1 Å². The Hall–Kier alpha value is -2.84. The van der Waals surface area contributed by atoms with Crippen molar-refractivity contribution in [2.45, 2.75) is 12.3 Å². The molecule has 0 saturated carbocycles. The molecule has 0 radical (unpaired) electrons. The van der Waals surface area contributed by atoms with Gasteiger partial charge in [-0.05, 0) is 6.07 Å². The number of carboxylic acids is 2. The minimum atomic E-state index is -1.57. The van der Waals surface area contributed by atoms with Crippen molar-refractivity contribution in [3.63, 3.8) is 0 Å². The van der Waals surface area contributed by atoms with Crippen molar-refractivity contribution in [2.24, 2.45) is 0 Å². The van der Waals surface area contributed by atoms with E-state index >= 15 is 0 Å². The second-order valence-electron chi connectivity index (χ2n) is 4.01. The molecule has 9 heteroatoms. The van der Waals surface area contributed by atoms with Crippen LogP contribution < -0.4 is 9.47 Å². The molecule has 0 spiro atoms. The zero-order valence-electron chi connectivity index (χ0n) is 11.2. The highest BCUT2D eigenvalue weighted by molar-refractivity contribution is 5.84. The van der Waals surface area contributed by atoms with Crippen LogP contribution in [0.5, 0.6) is 11.5 Å².